The molecular weight excluding hydrogens is 386 g/mol. The summed E-state index contributed by atoms with van der Waals surface area (Å²) in [5, 5.41) is 3.53. The monoisotopic (exact) mass is 405 g/mol. The molecule has 2 aromatic rings. The van der Waals surface area contributed by atoms with Crippen molar-refractivity contribution in [2.45, 2.75) is 12.5 Å². The van der Waals surface area contributed by atoms with Crippen LogP contribution in [0.15, 0.2) is 34.8 Å². The lowest BCUT2D eigenvalue weighted by Gasteiger charge is -2.29. The molecule has 0 saturated carbocycles. The number of benzene rings is 2. The second-order valence-corrected chi connectivity index (χ2v) is 6.63. The number of esters is 1. The van der Waals surface area contributed by atoms with Gasteiger partial charge in [0.05, 0.1) is 32.9 Å². The van der Waals surface area contributed by atoms with E-state index in [1.54, 1.807) is 20.3 Å². The number of hydrogen-bond donors (Lipinski definition) is 1. The number of halogens is 1. The summed E-state index contributed by atoms with van der Waals surface area (Å²) < 4.78 is 16.6. The van der Waals surface area contributed by atoms with Gasteiger partial charge in [0.2, 0.25) is 0 Å². The van der Waals surface area contributed by atoms with Crippen LogP contribution in [-0.4, -0.2) is 33.8 Å². The topological polar surface area (TPSA) is 56.8 Å². The van der Waals surface area contributed by atoms with E-state index in [9.17, 15) is 4.79 Å². The van der Waals surface area contributed by atoms with Crippen molar-refractivity contribution in [3.05, 3.63) is 57.1 Å². The zero-order chi connectivity index (χ0) is 18.0. The van der Waals surface area contributed by atoms with Gasteiger partial charge in [-0.2, -0.15) is 0 Å². The number of carbonyl (C=O) groups is 1. The molecule has 0 bridgehead atoms. The summed E-state index contributed by atoms with van der Waals surface area (Å²) in [7, 11) is 4.65. The molecule has 0 radical (unpaired) electrons. The quantitative estimate of drug-likeness (QED) is 0.788. The average Bonchev–Trinajstić information content (AvgIpc) is 2.66. The zero-order valence-corrected chi connectivity index (χ0v) is 16.0. The number of nitrogens with one attached hydrogen (secondary N) is 1. The van der Waals surface area contributed by atoms with Crippen LogP contribution in [0.2, 0.25) is 0 Å². The number of methoxy groups -OCH3 is 3. The Bertz CT molecular complexity index is 806. The maximum absolute atomic E-state index is 11.9. The third kappa shape index (κ3) is 3.37. The molecule has 0 aromatic heterocycles. The molecule has 1 aliphatic rings. The van der Waals surface area contributed by atoms with E-state index in [0.717, 1.165) is 34.3 Å². The standard InChI is InChI=1S/C19H20BrNO4/c1-23-16-9-11-6-7-21-18(13(11)10-17(16)24-2)14-8-12(19(22)25-3)4-5-15(14)20/h4-5,8-10,18,21H,6-7H2,1-3H3. The first-order valence-corrected chi connectivity index (χ1v) is 8.74. The lowest BCUT2D eigenvalue weighted by atomic mass is 9.88. The summed E-state index contributed by atoms with van der Waals surface area (Å²) in [5.41, 5.74) is 3.83. The molecule has 3 rings (SSSR count). The van der Waals surface area contributed by atoms with Gasteiger partial charge in [-0.25, -0.2) is 4.79 Å². The minimum absolute atomic E-state index is 0.0532. The second kappa shape index (κ2) is 7.45. The number of ether oxygens (including phenoxy) is 3. The van der Waals surface area contributed by atoms with E-state index >= 15 is 0 Å². The molecule has 0 amide bonds. The van der Waals surface area contributed by atoms with Gasteiger partial charge in [0, 0.05) is 11.0 Å². The molecular formula is C19H20BrNO4. The van der Waals surface area contributed by atoms with Crippen molar-refractivity contribution in [1.29, 1.82) is 0 Å². The van der Waals surface area contributed by atoms with Crippen molar-refractivity contribution in [1.82, 2.24) is 5.32 Å². The molecule has 1 N–H and O–H groups in total. The molecule has 5 nitrogen and oxygen atoms in total. The molecule has 0 saturated heterocycles. The number of hydrogen-bond acceptors (Lipinski definition) is 5. The Labute approximate surface area is 155 Å². The number of carbonyl (C=O) groups excluding carboxylic acids is 1. The molecule has 25 heavy (non-hydrogen) atoms. The van der Waals surface area contributed by atoms with Crippen LogP contribution >= 0.6 is 15.9 Å². The normalized spacial score (nSPS) is 16.1. The minimum atomic E-state index is -0.350. The SMILES string of the molecule is COC(=O)c1ccc(Br)c(C2NCCc3cc(OC)c(OC)cc32)c1. The Kier molecular flexibility index (Phi) is 5.30. The summed E-state index contributed by atoms with van der Waals surface area (Å²) in [6.45, 7) is 0.835. The fraction of sp³-hybridized carbons (Fsp3) is 0.316. The lowest BCUT2D eigenvalue weighted by Crippen LogP contribution is -2.31. The molecule has 132 valence electrons. The van der Waals surface area contributed by atoms with Gasteiger partial charge in [-0.1, -0.05) is 15.9 Å². The van der Waals surface area contributed by atoms with Crippen LogP contribution in [-0.2, 0) is 11.2 Å². The molecule has 0 aliphatic carbocycles. The van der Waals surface area contributed by atoms with Crippen molar-refractivity contribution in [2.75, 3.05) is 27.9 Å². The van der Waals surface area contributed by atoms with Crippen molar-refractivity contribution in [2.24, 2.45) is 0 Å². The summed E-state index contributed by atoms with van der Waals surface area (Å²) in [4.78, 5) is 11.9. The van der Waals surface area contributed by atoms with E-state index in [4.69, 9.17) is 14.2 Å². The summed E-state index contributed by atoms with van der Waals surface area (Å²) in [6, 6.07) is 9.46. The average molecular weight is 406 g/mol. The molecule has 0 fully saturated rings. The Morgan fingerprint density at radius 2 is 1.80 bits per heavy atom. The Balaban J connectivity index is 2.10. The third-order valence-electron chi connectivity index (χ3n) is 4.43. The van der Waals surface area contributed by atoms with Gasteiger partial charge in [0.15, 0.2) is 11.5 Å². The first-order chi connectivity index (χ1) is 12.1. The Hall–Kier alpha value is -2.05. The van der Waals surface area contributed by atoms with Crippen LogP contribution in [0.1, 0.15) is 33.1 Å². The number of fused-ring (bicyclic) bond motifs is 1. The smallest absolute Gasteiger partial charge is 0.337 e. The molecule has 6 heteroatoms. The molecule has 1 heterocycles. The van der Waals surface area contributed by atoms with Gasteiger partial charge in [0.25, 0.3) is 0 Å². The highest BCUT2D eigenvalue weighted by Gasteiger charge is 2.26. The van der Waals surface area contributed by atoms with Gasteiger partial charge in [0.1, 0.15) is 0 Å². The minimum Gasteiger partial charge on any atom is -0.493 e. The van der Waals surface area contributed by atoms with Gasteiger partial charge >= 0.3 is 5.97 Å². The highest BCUT2D eigenvalue weighted by atomic mass is 79.9. The van der Waals surface area contributed by atoms with Crippen LogP contribution in [0.25, 0.3) is 0 Å². The van der Waals surface area contributed by atoms with E-state index in [1.165, 1.54) is 12.7 Å². The summed E-state index contributed by atoms with van der Waals surface area (Å²) in [5.74, 6) is 1.07. The fourth-order valence-corrected chi connectivity index (χ4v) is 3.65. The van der Waals surface area contributed by atoms with Crippen molar-refractivity contribution >= 4 is 21.9 Å². The molecule has 1 unspecified atom stereocenters. The van der Waals surface area contributed by atoms with E-state index in [2.05, 4.69) is 21.2 Å². The predicted molar refractivity (Wildman–Crippen MR) is 98.6 cm³/mol. The van der Waals surface area contributed by atoms with E-state index in [1.807, 2.05) is 24.3 Å². The van der Waals surface area contributed by atoms with Crippen LogP contribution in [0.3, 0.4) is 0 Å². The van der Waals surface area contributed by atoms with E-state index in [0.29, 0.717) is 11.3 Å². The van der Waals surface area contributed by atoms with Crippen molar-refractivity contribution in [3.63, 3.8) is 0 Å². The van der Waals surface area contributed by atoms with Gasteiger partial charge in [-0.3, -0.25) is 0 Å². The summed E-state index contributed by atoms with van der Waals surface area (Å²) >= 11 is 3.60. The highest BCUT2D eigenvalue weighted by Crippen LogP contribution is 2.39. The van der Waals surface area contributed by atoms with Crippen molar-refractivity contribution < 1.29 is 19.0 Å². The first-order valence-electron chi connectivity index (χ1n) is 7.95. The summed E-state index contributed by atoms with van der Waals surface area (Å²) in [6.07, 6.45) is 0.903. The number of rotatable bonds is 4. The molecule has 1 aliphatic heterocycles. The lowest BCUT2D eigenvalue weighted by molar-refractivity contribution is 0.0600. The molecule has 2 aromatic carbocycles. The van der Waals surface area contributed by atoms with E-state index < -0.39 is 0 Å². The van der Waals surface area contributed by atoms with Gasteiger partial charge in [-0.15, -0.1) is 0 Å². The Morgan fingerprint density at radius 3 is 2.48 bits per heavy atom. The maximum atomic E-state index is 11.9. The molecule has 1 atom stereocenters. The van der Waals surface area contributed by atoms with Gasteiger partial charge in [-0.05, 0) is 53.4 Å². The van der Waals surface area contributed by atoms with Crippen LogP contribution in [0.5, 0.6) is 11.5 Å². The van der Waals surface area contributed by atoms with E-state index in [-0.39, 0.29) is 12.0 Å². The maximum Gasteiger partial charge on any atom is 0.337 e. The van der Waals surface area contributed by atoms with Crippen LogP contribution < -0.4 is 14.8 Å². The second-order valence-electron chi connectivity index (χ2n) is 5.77. The van der Waals surface area contributed by atoms with Gasteiger partial charge < -0.3 is 19.5 Å². The van der Waals surface area contributed by atoms with Crippen LogP contribution in [0.4, 0.5) is 0 Å². The molecule has 0 spiro atoms. The third-order valence-corrected chi connectivity index (χ3v) is 5.15. The predicted octanol–water partition coefficient (Wildman–Crippen LogP) is 3.49. The fourth-order valence-electron chi connectivity index (χ4n) is 3.17. The van der Waals surface area contributed by atoms with Crippen molar-refractivity contribution in [3.8, 4) is 11.5 Å². The van der Waals surface area contributed by atoms with Crippen LogP contribution in [0, 0.1) is 0 Å². The first kappa shape index (κ1) is 17.8. The Morgan fingerprint density at radius 1 is 1.08 bits per heavy atom. The zero-order valence-electron chi connectivity index (χ0n) is 14.4. The highest BCUT2D eigenvalue weighted by molar-refractivity contribution is 9.10. The largest absolute Gasteiger partial charge is 0.493 e.